The van der Waals surface area contributed by atoms with E-state index in [1.807, 2.05) is 58.0 Å². The molecule has 0 bridgehead atoms. The second-order valence-corrected chi connectivity index (χ2v) is 3.32. The zero-order valence-corrected chi connectivity index (χ0v) is 11.1. The minimum atomic E-state index is 0.508. The summed E-state index contributed by atoms with van der Waals surface area (Å²) in [5.41, 5.74) is 6.52. The number of aromatic nitrogens is 2. The van der Waals surface area contributed by atoms with Gasteiger partial charge in [0.05, 0.1) is 0 Å². The lowest BCUT2D eigenvalue weighted by Gasteiger charge is -1.90. The summed E-state index contributed by atoms with van der Waals surface area (Å²) < 4.78 is 0. The van der Waals surface area contributed by atoms with Gasteiger partial charge in [0.2, 0.25) is 5.13 Å². The molecule has 0 amide bonds. The fourth-order valence-corrected chi connectivity index (χ4v) is 1.55. The zero-order chi connectivity index (χ0) is 12.4. The molecule has 1 aromatic carbocycles. The number of anilines is 1. The number of nitrogen functional groups attached to an aromatic ring is 1. The number of benzene rings is 1. The summed E-state index contributed by atoms with van der Waals surface area (Å²) in [5.74, 6) is 0. The fourth-order valence-electron chi connectivity index (χ4n) is 0.932. The van der Waals surface area contributed by atoms with Gasteiger partial charge in [0.1, 0.15) is 5.01 Å². The van der Waals surface area contributed by atoms with E-state index in [1.165, 1.54) is 11.3 Å². The fraction of sp³-hybridized carbons (Fsp3) is 0.333. The van der Waals surface area contributed by atoms with Crippen LogP contribution in [0, 0.1) is 0 Å². The number of hydrogen-bond acceptors (Lipinski definition) is 4. The molecule has 88 valence electrons. The summed E-state index contributed by atoms with van der Waals surface area (Å²) in [5, 5.41) is 9.05. The molecule has 0 spiro atoms. The van der Waals surface area contributed by atoms with Crippen molar-refractivity contribution in [2.45, 2.75) is 27.7 Å². The van der Waals surface area contributed by atoms with Crippen molar-refractivity contribution < 1.29 is 0 Å². The Morgan fingerprint density at radius 1 is 0.938 bits per heavy atom. The van der Waals surface area contributed by atoms with Crippen molar-refractivity contribution in [3.8, 4) is 10.6 Å². The van der Waals surface area contributed by atoms with E-state index < -0.39 is 0 Å². The number of rotatable bonds is 1. The normalized spacial score (nSPS) is 8.25. The molecule has 0 saturated heterocycles. The van der Waals surface area contributed by atoms with Gasteiger partial charge in [0.15, 0.2) is 0 Å². The maximum Gasteiger partial charge on any atom is 0.203 e. The van der Waals surface area contributed by atoms with Gasteiger partial charge in [-0.3, -0.25) is 0 Å². The summed E-state index contributed by atoms with van der Waals surface area (Å²) in [4.78, 5) is 0. The third kappa shape index (κ3) is 4.40. The molecule has 1 heterocycles. The van der Waals surface area contributed by atoms with Gasteiger partial charge < -0.3 is 5.73 Å². The molecule has 0 aliphatic carbocycles. The minimum absolute atomic E-state index is 0.508. The van der Waals surface area contributed by atoms with Crippen LogP contribution in [0.15, 0.2) is 30.3 Å². The van der Waals surface area contributed by atoms with Crippen molar-refractivity contribution in [2.24, 2.45) is 0 Å². The van der Waals surface area contributed by atoms with Crippen molar-refractivity contribution in [2.75, 3.05) is 5.73 Å². The van der Waals surface area contributed by atoms with E-state index in [0.717, 1.165) is 10.6 Å². The minimum Gasteiger partial charge on any atom is -0.374 e. The molecule has 0 saturated carbocycles. The first-order valence-corrected chi connectivity index (χ1v) is 6.32. The molecular weight excluding hydrogens is 218 g/mol. The Bertz CT molecular complexity index is 371. The van der Waals surface area contributed by atoms with Crippen LogP contribution in [0.3, 0.4) is 0 Å². The van der Waals surface area contributed by atoms with E-state index in [0.29, 0.717) is 5.13 Å². The van der Waals surface area contributed by atoms with Gasteiger partial charge in [-0.2, -0.15) is 0 Å². The predicted molar refractivity (Wildman–Crippen MR) is 72.5 cm³/mol. The molecule has 0 fully saturated rings. The van der Waals surface area contributed by atoms with E-state index in [2.05, 4.69) is 10.2 Å². The van der Waals surface area contributed by atoms with E-state index >= 15 is 0 Å². The summed E-state index contributed by atoms with van der Waals surface area (Å²) in [6.07, 6.45) is 0. The summed E-state index contributed by atoms with van der Waals surface area (Å²) in [6, 6.07) is 9.87. The van der Waals surface area contributed by atoms with Gasteiger partial charge in [0, 0.05) is 5.56 Å². The monoisotopic (exact) mass is 237 g/mol. The van der Waals surface area contributed by atoms with Crippen LogP contribution in [0.2, 0.25) is 0 Å². The molecule has 0 radical (unpaired) electrons. The first-order chi connectivity index (χ1) is 7.86. The number of nitrogens with zero attached hydrogens (tertiary/aromatic N) is 2. The maximum atomic E-state index is 5.46. The molecule has 4 heteroatoms. The highest BCUT2D eigenvalue weighted by Gasteiger charge is 2.01. The Hall–Kier alpha value is -1.42. The third-order valence-electron chi connectivity index (χ3n) is 1.46. The van der Waals surface area contributed by atoms with E-state index in [1.54, 1.807) is 0 Å². The molecular formula is C12H19N3S. The molecule has 0 aliphatic heterocycles. The van der Waals surface area contributed by atoms with Gasteiger partial charge in [-0.1, -0.05) is 69.4 Å². The lowest BCUT2D eigenvalue weighted by atomic mass is 10.2. The standard InChI is InChI=1S/C8H7N3S.2C2H6/c9-8-11-10-7(12-8)6-4-2-1-3-5-6;2*1-2/h1-5H,(H2,9,11);2*1-2H3. The summed E-state index contributed by atoms with van der Waals surface area (Å²) in [6.45, 7) is 8.00. The quantitative estimate of drug-likeness (QED) is 0.819. The molecule has 1 aromatic heterocycles. The topological polar surface area (TPSA) is 51.8 Å². The Morgan fingerprint density at radius 3 is 1.94 bits per heavy atom. The van der Waals surface area contributed by atoms with Crippen molar-refractivity contribution in [3.63, 3.8) is 0 Å². The second kappa shape index (κ2) is 8.85. The highest BCUT2D eigenvalue weighted by molar-refractivity contribution is 7.18. The lowest BCUT2D eigenvalue weighted by molar-refractivity contribution is 1.10. The van der Waals surface area contributed by atoms with Crippen LogP contribution in [-0.2, 0) is 0 Å². The lowest BCUT2D eigenvalue weighted by Crippen LogP contribution is -1.80. The number of hydrogen-bond donors (Lipinski definition) is 1. The van der Waals surface area contributed by atoms with Crippen LogP contribution in [0.1, 0.15) is 27.7 Å². The third-order valence-corrected chi connectivity index (χ3v) is 2.26. The Kier molecular flexibility index (Phi) is 8.07. The molecule has 2 N–H and O–H groups in total. The Morgan fingerprint density at radius 2 is 1.50 bits per heavy atom. The first kappa shape index (κ1) is 14.6. The Balaban J connectivity index is 0.000000509. The van der Waals surface area contributed by atoms with E-state index in [9.17, 15) is 0 Å². The largest absolute Gasteiger partial charge is 0.374 e. The first-order valence-electron chi connectivity index (χ1n) is 5.50. The van der Waals surface area contributed by atoms with Crippen LogP contribution < -0.4 is 5.73 Å². The SMILES string of the molecule is CC.CC.Nc1nnc(-c2ccccc2)s1. The van der Waals surface area contributed by atoms with Crippen molar-refractivity contribution in [3.05, 3.63) is 30.3 Å². The van der Waals surface area contributed by atoms with E-state index in [4.69, 9.17) is 5.73 Å². The van der Waals surface area contributed by atoms with Gasteiger partial charge in [-0.25, -0.2) is 0 Å². The van der Waals surface area contributed by atoms with Crippen LogP contribution in [-0.4, -0.2) is 10.2 Å². The van der Waals surface area contributed by atoms with Gasteiger partial charge in [0.25, 0.3) is 0 Å². The van der Waals surface area contributed by atoms with Crippen molar-refractivity contribution in [1.82, 2.24) is 10.2 Å². The molecule has 3 nitrogen and oxygen atoms in total. The predicted octanol–water partition coefficient (Wildman–Crippen LogP) is 3.84. The molecule has 0 unspecified atom stereocenters. The highest BCUT2D eigenvalue weighted by Crippen LogP contribution is 2.23. The molecule has 0 atom stereocenters. The van der Waals surface area contributed by atoms with Crippen LogP contribution in [0.4, 0.5) is 5.13 Å². The van der Waals surface area contributed by atoms with Gasteiger partial charge in [-0.05, 0) is 0 Å². The Labute approximate surface area is 101 Å². The average molecular weight is 237 g/mol. The van der Waals surface area contributed by atoms with E-state index in [-0.39, 0.29) is 0 Å². The van der Waals surface area contributed by atoms with Crippen LogP contribution in [0.25, 0.3) is 10.6 Å². The molecule has 2 aromatic rings. The van der Waals surface area contributed by atoms with Crippen LogP contribution in [0.5, 0.6) is 0 Å². The summed E-state index contributed by atoms with van der Waals surface area (Å²) >= 11 is 1.40. The molecule has 2 rings (SSSR count). The van der Waals surface area contributed by atoms with Crippen LogP contribution >= 0.6 is 11.3 Å². The maximum absolute atomic E-state index is 5.46. The van der Waals surface area contributed by atoms with Gasteiger partial charge >= 0.3 is 0 Å². The second-order valence-electron chi connectivity index (χ2n) is 2.31. The van der Waals surface area contributed by atoms with Crippen molar-refractivity contribution in [1.29, 1.82) is 0 Å². The highest BCUT2D eigenvalue weighted by atomic mass is 32.1. The average Bonchev–Trinajstić information content (AvgIpc) is 2.82. The molecule has 0 aliphatic rings. The zero-order valence-electron chi connectivity index (χ0n) is 10.3. The number of nitrogens with two attached hydrogens (primary N) is 1. The smallest absolute Gasteiger partial charge is 0.203 e. The van der Waals surface area contributed by atoms with Gasteiger partial charge in [-0.15, -0.1) is 10.2 Å². The molecule has 16 heavy (non-hydrogen) atoms. The van der Waals surface area contributed by atoms with Crippen molar-refractivity contribution >= 4 is 16.5 Å². The summed E-state index contributed by atoms with van der Waals surface area (Å²) in [7, 11) is 0.